The molecule has 0 aliphatic rings. The summed E-state index contributed by atoms with van der Waals surface area (Å²) >= 11 is 0. The van der Waals surface area contributed by atoms with Crippen LogP contribution in [-0.2, 0) is 17.8 Å². The molecule has 0 aromatic heterocycles. The highest BCUT2D eigenvalue weighted by atomic mass is 16.5. The number of benzene rings is 1. The SMILES string of the molecule is COCc1ccc(CC(C)CN)c(O)c1. The number of nitrogens with two attached hydrogens (primary N) is 1. The van der Waals surface area contributed by atoms with Gasteiger partial charge in [0.05, 0.1) is 6.61 Å². The molecule has 0 radical (unpaired) electrons. The maximum absolute atomic E-state index is 9.77. The van der Waals surface area contributed by atoms with E-state index in [2.05, 4.69) is 6.92 Å². The van der Waals surface area contributed by atoms with Crippen molar-refractivity contribution >= 4 is 0 Å². The number of hydrogen-bond donors (Lipinski definition) is 2. The fourth-order valence-electron chi connectivity index (χ4n) is 1.50. The van der Waals surface area contributed by atoms with Crippen molar-refractivity contribution in [1.82, 2.24) is 0 Å². The molecular formula is C12H19NO2. The second-order valence-corrected chi connectivity index (χ2v) is 3.94. The molecule has 1 atom stereocenters. The van der Waals surface area contributed by atoms with Crippen LogP contribution in [0, 0.1) is 5.92 Å². The van der Waals surface area contributed by atoms with Gasteiger partial charge in [0, 0.05) is 7.11 Å². The van der Waals surface area contributed by atoms with Crippen molar-refractivity contribution in [2.24, 2.45) is 11.7 Å². The summed E-state index contributed by atoms with van der Waals surface area (Å²) in [5.74, 6) is 0.731. The fourth-order valence-corrected chi connectivity index (χ4v) is 1.50. The van der Waals surface area contributed by atoms with Crippen molar-refractivity contribution in [3.8, 4) is 5.75 Å². The van der Waals surface area contributed by atoms with Gasteiger partial charge in [0.15, 0.2) is 0 Å². The predicted octanol–water partition coefficient (Wildman–Crippen LogP) is 1.68. The van der Waals surface area contributed by atoms with Gasteiger partial charge in [0.1, 0.15) is 5.75 Å². The van der Waals surface area contributed by atoms with E-state index in [-0.39, 0.29) is 0 Å². The zero-order valence-corrected chi connectivity index (χ0v) is 9.36. The third-order valence-electron chi connectivity index (χ3n) is 2.43. The summed E-state index contributed by atoms with van der Waals surface area (Å²) in [5, 5.41) is 9.77. The lowest BCUT2D eigenvalue weighted by Gasteiger charge is -2.11. The van der Waals surface area contributed by atoms with Gasteiger partial charge in [-0.05, 0) is 36.1 Å². The van der Waals surface area contributed by atoms with Gasteiger partial charge in [0.25, 0.3) is 0 Å². The molecule has 0 saturated heterocycles. The first-order chi connectivity index (χ1) is 7.17. The minimum atomic E-state index is 0.338. The van der Waals surface area contributed by atoms with Gasteiger partial charge >= 0.3 is 0 Å². The Bertz CT molecular complexity index is 312. The van der Waals surface area contributed by atoms with Crippen LogP contribution in [0.25, 0.3) is 0 Å². The summed E-state index contributed by atoms with van der Waals surface area (Å²) in [6, 6.07) is 5.67. The molecule has 0 aliphatic heterocycles. The van der Waals surface area contributed by atoms with Gasteiger partial charge in [-0.1, -0.05) is 19.1 Å². The monoisotopic (exact) mass is 209 g/mol. The van der Waals surface area contributed by atoms with E-state index >= 15 is 0 Å². The van der Waals surface area contributed by atoms with Crippen molar-refractivity contribution < 1.29 is 9.84 Å². The van der Waals surface area contributed by atoms with Crippen LogP contribution >= 0.6 is 0 Å². The summed E-state index contributed by atoms with van der Waals surface area (Å²) in [5.41, 5.74) is 7.48. The van der Waals surface area contributed by atoms with E-state index in [4.69, 9.17) is 10.5 Å². The van der Waals surface area contributed by atoms with Crippen LogP contribution in [0.4, 0.5) is 0 Å². The van der Waals surface area contributed by atoms with E-state index in [1.165, 1.54) is 0 Å². The Morgan fingerprint density at radius 3 is 2.73 bits per heavy atom. The summed E-state index contributed by atoms with van der Waals surface area (Å²) < 4.78 is 4.99. The number of phenolic OH excluding ortho intramolecular Hbond substituents is 1. The molecule has 15 heavy (non-hydrogen) atoms. The van der Waals surface area contributed by atoms with Gasteiger partial charge in [-0.2, -0.15) is 0 Å². The Kier molecular flexibility index (Phi) is 4.59. The minimum Gasteiger partial charge on any atom is -0.508 e. The molecule has 0 spiro atoms. The lowest BCUT2D eigenvalue weighted by atomic mass is 9.99. The number of ether oxygens (including phenoxy) is 1. The van der Waals surface area contributed by atoms with E-state index in [0.29, 0.717) is 24.8 Å². The maximum Gasteiger partial charge on any atom is 0.119 e. The Morgan fingerprint density at radius 2 is 2.20 bits per heavy atom. The minimum absolute atomic E-state index is 0.338. The van der Waals surface area contributed by atoms with E-state index in [1.807, 2.05) is 12.1 Å². The molecule has 0 fully saturated rings. The lowest BCUT2D eigenvalue weighted by molar-refractivity contribution is 0.184. The molecule has 0 saturated carbocycles. The first-order valence-electron chi connectivity index (χ1n) is 5.17. The van der Waals surface area contributed by atoms with Gasteiger partial charge in [-0.25, -0.2) is 0 Å². The lowest BCUT2D eigenvalue weighted by Crippen LogP contribution is -2.13. The third-order valence-corrected chi connectivity index (χ3v) is 2.43. The van der Waals surface area contributed by atoms with Crippen LogP contribution in [0.2, 0.25) is 0 Å². The number of phenols is 1. The second kappa shape index (κ2) is 5.73. The van der Waals surface area contributed by atoms with Crippen molar-refractivity contribution in [1.29, 1.82) is 0 Å². The Hall–Kier alpha value is -1.06. The van der Waals surface area contributed by atoms with Crippen LogP contribution in [0.1, 0.15) is 18.1 Å². The molecule has 0 heterocycles. The van der Waals surface area contributed by atoms with E-state index in [9.17, 15) is 5.11 Å². The van der Waals surface area contributed by atoms with Gasteiger partial charge in [0.2, 0.25) is 0 Å². The second-order valence-electron chi connectivity index (χ2n) is 3.94. The molecule has 0 aliphatic carbocycles. The van der Waals surface area contributed by atoms with Crippen LogP contribution < -0.4 is 5.73 Å². The van der Waals surface area contributed by atoms with Crippen LogP contribution in [0.3, 0.4) is 0 Å². The van der Waals surface area contributed by atoms with Crippen molar-refractivity contribution in [2.75, 3.05) is 13.7 Å². The van der Waals surface area contributed by atoms with Crippen molar-refractivity contribution in [2.45, 2.75) is 20.0 Å². The topological polar surface area (TPSA) is 55.5 Å². The van der Waals surface area contributed by atoms with Gasteiger partial charge in [-0.3, -0.25) is 0 Å². The number of methoxy groups -OCH3 is 1. The summed E-state index contributed by atoms with van der Waals surface area (Å²) in [4.78, 5) is 0. The number of aromatic hydroxyl groups is 1. The Morgan fingerprint density at radius 1 is 1.47 bits per heavy atom. The standard InChI is InChI=1S/C12H19NO2/c1-9(7-13)5-11-4-3-10(8-15-2)6-12(11)14/h3-4,6,9,14H,5,7-8,13H2,1-2H3. The first-order valence-corrected chi connectivity index (χ1v) is 5.17. The number of rotatable bonds is 5. The predicted molar refractivity (Wildman–Crippen MR) is 60.7 cm³/mol. The summed E-state index contributed by atoms with van der Waals surface area (Å²) in [6.07, 6.45) is 0.815. The van der Waals surface area contributed by atoms with E-state index in [0.717, 1.165) is 17.5 Å². The molecule has 1 unspecified atom stereocenters. The summed E-state index contributed by atoms with van der Waals surface area (Å²) in [7, 11) is 1.64. The van der Waals surface area contributed by atoms with Gasteiger partial charge in [-0.15, -0.1) is 0 Å². The average Bonchev–Trinajstić information content (AvgIpc) is 2.22. The molecule has 3 N–H and O–H groups in total. The highest BCUT2D eigenvalue weighted by molar-refractivity contribution is 5.36. The molecule has 3 heteroatoms. The van der Waals surface area contributed by atoms with Gasteiger partial charge < -0.3 is 15.6 Å². The average molecular weight is 209 g/mol. The van der Waals surface area contributed by atoms with Crippen LogP contribution in [0.5, 0.6) is 5.75 Å². The molecular weight excluding hydrogens is 190 g/mol. The van der Waals surface area contributed by atoms with E-state index < -0.39 is 0 Å². The molecule has 1 rings (SSSR count). The van der Waals surface area contributed by atoms with E-state index in [1.54, 1.807) is 13.2 Å². The Labute approximate surface area is 90.9 Å². The zero-order chi connectivity index (χ0) is 11.3. The molecule has 0 bridgehead atoms. The number of hydrogen-bond acceptors (Lipinski definition) is 3. The molecule has 84 valence electrons. The smallest absolute Gasteiger partial charge is 0.119 e. The van der Waals surface area contributed by atoms with Crippen LogP contribution in [0.15, 0.2) is 18.2 Å². The molecule has 0 amide bonds. The molecule has 1 aromatic rings. The highest BCUT2D eigenvalue weighted by Crippen LogP contribution is 2.22. The molecule has 1 aromatic carbocycles. The van der Waals surface area contributed by atoms with Crippen molar-refractivity contribution in [3.05, 3.63) is 29.3 Å². The quantitative estimate of drug-likeness (QED) is 0.775. The maximum atomic E-state index is 9.77. The largest absolute Gasteiger partial charge is 0.508 e. The van der Waals surface area contributed by atoms with Crippen molar-refractivity contribution in [3.63, 3.8) is 0 Å². The van der Waals surface area contributed by atoms with Crippen LogP contribution in [-0.4, -0.2) is 18.8 Å². The zero-order valence-electron chi connectivity index (χ0n) is 9.36. The first kappa shape index (κ1) is 12.0. The normalized spacial score (nSPS) is 12.7. The fraction of sp³-hybridized carbons (Fsp3) is 0.500. The Balaban J connectivity index is 2.74. The highest BCUT2D eigenvalue weighted by Gasteiger charge is 2.06. The third kappa shape index (κ3) is 3.53. The summed E-state index contributed by atoms with van der Waals surface area (Å²) in [6.45, 7) is 3.24. The molecule has 3 nitrogen and oxygen atoms in total.